The molecule has 2 N–H and O–H groups in total. The van der Waals surface area contributed by atoms with Gasteiger partial charge in [0.05, 0.1) is 5.69 Å². The Labute approximate surface area is 264 Å². The second-order valence-electron chi connectivity index (χ2n) is 12.3. The summed E-state index contributed by atoms with van der Waals surface area (Å²) in [6.07, 6.45) is -1.35. The first-order chi connectivity index (χ1) is 21.9. The topological polar surface area (TPSA) is 92.4 Å². The molecule has 46 heavy (non-hydrogen) atoms. The van der Waals surface area contributed by atoms with E-state index in [9.17, 15) is 18.0 Å². The number of halogens is 3. The van der Waals surface area contributed by atoms with Crippen molar-refractivity contribution in [1.29, 1.82) is 0 Å². The van der Waals surface area contributed by atoms with Crippen molar-refractivity contribution in [3.05, 3.63) is 90.8 Å². The summed E-state index contributed by atoms with van der Waals surface area (Å²) in [5.74, 6) is 1.44. The molecule has 0 unspecified atom stereocenters. The van der Waals surface area contributed by atoms with Crippen LogP contribution in [0.5, 0.6) is 11.5 Å². The molecule has 1 saturated heterocycles. The molecule has 0 spiro atoms. The van der Waals surface area contributed by atoms with Gasteiger partial charge in [-0.2, -0.15) is 13.2 Å². The van der Waals surface area contributed by atoms with Crippen molar-refractivity contribution in [3.8, 4) is 33.9 Å². The van der Waals surface area contributed by atoms with E-state index in [4.69, 9.17) is 9.47 Å². The van der Waals surface area contributed by atoms with Crippen molar-refractivity contribution in [2.24, 2.45) is 0 Å². The Morgan fingerprint density at radius 1 is 0.978 bits per heavy atom. The molecular formula is C35H34F3N5O3. The number of rotatable bonds is 6. The summed E-state index contributed by atoms with van der Waals surface area (Å²) in [5.41, 5.74) is 0.915. The molecule has 8 nitrogen and oxygen atoms in total. The van der Waals surface area contributed by atoms with Gasteiger partial charge in [0.15, 0.2) is 0 Å². The van der Waals surface area contributed by atoms with Gasteiger partial charge in [0, 0.05) is 48.0 Å². The molecule has 238 valence electrons. The van der Waals surface area contributed by atoms with Crippen molar-refractivity contribution in [1.82, 2.24) is 19.9 Å². The number of ether oxygens (including phenoxy) is 2. The highest BCUT2D eigenvalue weighted by atomic mass is 19.4. The number of carbonyl (C=O) groups excluding carboxylic acids is 1. The molecule has 11 heteroatoms. The number of hydrogen-bond acceptors (Lipinski definition) is 6. The molecule has 2 aromatic heterocycles. The summed E-state index contributed by atoms with van der Waals surface area (Å²) in [4.78, 5) is 25.7. The van der Waals surface area contributed by atoms with E-state index in [1.807, 2.05) is 66.7 Å². The maximum Gasteiger partial charge on any atom is 0.419 e. The third-order valence-electron chi connectivity index (χ3n) is 7.58. The van der Waals surface area contributed by atoms with E-state index in [0.717, 1.165) is 17.3 Å². The lowest BCUT2D eigenvalue weighted by atomic mass is 10.0. The quantitative estimate of drug-likeness (QED) is 0.195. The average molecular weight is 630 g/mol. The molecule has 1 fully saturated rings. The average Bonchev–Trinajstić information content (AvgIpc) is 3.44. The van der Waals surface area contributed by atoms with Gasteiger partial charge in [0.2, 0.25) is 5.95 Å². The molecular weight excluding hydrogens is 595 g/mol. The highest BCUT2D eigenvalue weighted by Crippen LogP contribution is 2.40. The Morgan fingerprint density at radius 3 is 2.50 bits per heavy atom. The van der Waals surface area contributed by atoms with Gasteiger partial charge in [-0.1, -0.05) is 42.5 Å². The molecule has 1 aliphatic rings. The van der Waals surface area contributed by atoms with Crippen LogP contribution in [0.15, 0.2) is 85.2 Å². The summed E-state index contributed by atoms with van der Waals surface area (Å²) in [6, 6.07) is 22.4. The number of nitrogens with zero attached hydrogens (tertiary/aromatic N) is 3. The number of para-hydroxylation sites is 1. The fourth-order valence-corrected chi connectivity index (χ4v) is 5.50. The van der Waals surface area contributed by atoms with E-state index >= 15 is 0 Å². The smallest absolute Gasteiger partial charge is 0.419 e. The van der Waals surface area contributed by atoms with Gasteiger partial charge >= 0.3 is 12.3 Å². The Hall–Kier alpha value is -5.06. The molecule has 5 aromatic rings. The number of aromatic amines is 1. The second kappa shape index (κ2) is 12.4. The number of alkyl halides is 3. The lowest BCUT2D eigenvalue weighted by Gasteiger charge is -2.34. The molecule has 0 saturated carbocycles. The van der Waals surface area contributed by atoms with Crippen LogP contribution < -0.4 is 10.1 Å². The maximum atomic E-state index is 14.2. The number of fused-ring (bicyclic) bond motifs is 1. The summed E-state index contributed by atoms with van der Waals surface area (Å²) < 4.78 is 54.1. The minimum absolute atomic E-state index is 0.0558. The number of piperidine rings is 1. The van der Waals surface area contributed by atoms with Gasteiger partial charge in [-0.05, 0) is 75.1 Å². The minimum atomic E-state index is -4.67. The van der Waals surface area contributed by atoms with E-state index in [-0.39, 0.29) is 17.7 Å². The molecule has 6 rings (SSSR count). The summed E-state index contributed by atoms with van der Waals surface area (Å²) >= 11 is 0. The van der Waals surface area contributed by atoms with Crippen LogP contribution in [0.3, 0.4) is 0 Å². The van der Waals surface area contributed by atoms with Crippen molar-refractivity contribution in [3.63, 3.8) is 0 Å². The Kier molecular flexibility index (Phi) is 8.33. The standard InChI is InChI=1S/C35H34F3N5O3/c1-34(2,3)46-33(44)43-16-8-10-24(21-43)41-32-40-20-29(35(36,37)38)31(42-32)28-19-39-30-18-23(14-15-27(28)30)22-9-7-13-26(17-22)45-25-11-5-4-6-12-25/h4-7,9,11-15,17-20,24,39H,8,10,16,21H2,1-3H3,(H,40,41,42)/t24-/m0/s1. The molecule has 3 heterocycles. The Bertz CT molecular complexity index is 1850. The van der Waals surface area contributed by atoms with Gasteiger partial charge in [0.25, 0.3) is 0 Å². The van der Waals surface area contributed by atoms with E-state index in [2.05, 4.69) is 20.3 Å². The lowest BCUT2D eigenvalue weighted by Crippen LogP contribution is -2.47. The predicted molar refractivity (Wildman–Crippen MR) is 171 cm³/mol. The monoisotopic (exact) mass is 629 g/mol. The summed E-state index contributed by atoms with van der Waals surface area (Å²) in [6.45, 7) is 6.25. The van der Waals surface area contributed by atoms with Crippen molar-refractivity contribution >= 4 is 22.9 Å². The number of H-pyrrole nitrogens is 1. The predicted octanol–water partition coefficient (Wildman–Crippen LogP) is 8.91. The fourth-order valence-electron chi connectivity index (χ4n) is 5.50. The van der Waals surface area contributed by atoms with Crippen LogP contribution in [0.25, 0.3) is 33.3 Å². The Morgan fingerprint density at radius 2 is 1.74 bits per heavy atom. The number of aromatic nitrogens is 3. The third kappa shape index (κ3) is 7.09. The largest absolute Gasteiger partial charge is 0.457 e. The third-order valence-corrected chi connectivity index (χ3v) is 7.58. The van der Waals surface area contributed by atoms with Crippen molar-refractivity contribution in [2.45, 2.75) is 51.4 Å². The normalized spacial score (nSPS) is 15.5. The molecule has 1 atom stereocenters. The second-order valence-corrected chi connectivity index (χ2v) is 12.3. The van der Waals surface area contributed by atoms with Crippen LogP contribution in [0.4, 0.5) is 23.9 Å². The Balaban J connectivity index is 1.27. The van der Waals surface area contributed by atoms with Crippen molar-refractivity contribution < 1.29 is 27.4 Å². The molecule has 0 radical (unpaired) electrons. The first-order valence-corrected chi connectivity index (χ1v) is 15.1. The zero-order chi connectivity index (χ0) is 32.5. The van der Waals surface area contributed by atoms with Gasteiger partial charge in [-0.3, -0.25) is 0 Å². The molecule has 0 aliphatic carbocycles. The fraction of sp³-hybridized carbons (Fsp3) is 0.286. The van der Waals surface area contributed by atoms with Crippen LogP contribution >= 0.6 is 0 Å². The van der Waals surface area contributed by atoms with Gasteiger partial charge < -0.3 is 24.7 Å². The molecule has 1 amide bonds. The molecule has 3 aromatic carbocycles. The van der Waals surface area contributed by atoms with Crippen LogP contribution in [-0.2, 0) is 10.9 Å². The number of nitrogens with one attached hydrogen (secondary N) is 2. The molecule has 1 aliphatic heterocycles. The van der Waals surface area contributed by atoms with Gasteiger partial charge in [-0.15, -0.1) is 0 Å². The van der Waals surface area contributed by atoms with Crippen molar-refractivity contribution in [2.75, 3.05) is 18.4 Å². The number of likely N-dealkylation sites (tertiary alicyclic amines) is 1. The number of anilines is 1. The van der Waals surface area contributed by atoms with Crippen LogP contribution in [0.1, 0.15) is 39.2 Å². The van der Waals surface area contributed by atoms with Gasteiger partial charge in [-0.25, -0.2) is 14.8 Å². The summed E-state index contributed by atoms with van der Waals surface area (Å²) in [5, 5.41) is 3.74. The van der Waals surface area contributed by atoms with E-state index in [1.54, 1.807) is 31.7 Å². The van der Waals surface area contributed by atoms with Crippen LogP contribution in [0, 0.1) is 0 Å². The zero-order valence-corrected chi connectivity index (χ0v) is 25.7. The minimum Gasteiger partial charge on any atom is -0.457 e. The summed E-state index contributed by atoms with van der Waals surface area (Å²) in [7, 11) is 0. The maximum absolute atomic E-state index is 14.2. The lowest BCUT2D eigenvalue weighted by molar-refractivity contribution is -0.137. The SMILES string of the molecule is CC(C)(C)OC(=O)N1CCC[C@H](Nc2ncc(C(F)(F)F)c(-c3c[nH]c4cc(-c5cccc(Oc6ccccc6)c5)ccc34)n2)C1. The number of benzene rings is 3. The highest BCUT2D eigenvalue weighted by Gasteiger charge is 2.36. The van der Waals surface area contributed by atoms with E-state index in [1.165, 1.54) is 6.20 Å². The highest BCUT2D eigenvalue weighted by molar-refractivity contribution is 5.97. The number of amides is 1. The number of hydrogen-bond donors (Lipinski definition) is 2. The van der Waals surface area contributed by atoms with Crippen LogP contribution in [-0.4, -0.2) is 50.7 Å². The van der Waals surface area contributed by atoms with E-state index in [0.29, 0.717) is 53.9 Å². The number of carbonyl (C=O) groups is 1. The molecule has 0 bridgehead atoms. The van der Waals surface area contributed by atoms with Crippen LogP contribution in [0.2, 0.25) is 0 Å². The zero-order valence-electron chi connectivity index (χ0n) is 25.7. The first kappa shape index (κ1) is 30.9. The first-order valence-electron chi connectivity index (χ1n) is 15.1. The van der Waals surface area contributed by atoms with Gasteiger partial charge in [0.1, 0.15) is 22.7 Å². The van der Waals surface area contributed by atoms with E-state index < -0.39 is 23.4 Å².